The molecule has 35 heavy (non-hydrogen) atoms. The van der Waals surface area contributed by atoms with Crippen LogP contribution < -0.4 is 4.90 Å². The highest BCUT2D eigenvalue weighted by Gasteiger charge is 2.41. The number of piperidine rings is 1. The summed E-state index contributed by atoms with van der Waals surface area (Å²) in [6, 6.07) is 12.1. The maximum Gasteiger partial charge on any atom is 0.221 e. The SMILES string of the molecule is C[C@H]1CC[C@H](c2ccccc2)S(=O)(=O)N1Cc1ccc(N2CCC(n3cnnc3)CC2)c(F)c1F. The highest BCUT2D eigenvalue weighted by atomic mass is 32.2. The third-order valence-electron chi connectivity index (χ3n) is 7.33. The predicted octanol–water partition coefficient (Wildman–Crippen LogP) is 4.45. The minimum atomic E-state index is -3.73. The van der Waals surface area contributed by atoms with Crippen molar-refractivity contribution in [2.24, 2.45) is 0 Å². The third-order valence-corrected chi connectivity index (χ3v) is 9.70. The lowest BCUT2D eigenvalue weighted by atomic mass is 10.0. The van der Waals surface area contributed by atoms with Crippen molar-refractivity contribution in [1.82, 2.24) is 19.1 Å². The first-order valence-electron chi connectivity index (χ1n) is 12.0. The first kappa shape index (κ1) is 23.9. The minimum absolute atomic E-state index is 0.0507. The molecule has 2 aromatic carbocycles. The zero-order valence-electron chi connectivity index (χ0n) is 19.6. The summed E-state index contributed by atoms with van der Waals surface area (Å²) in [6.45, 7) is 2.79. The molecule has 7 nitrogen and oxygen atoms in total. The van der Waals surface area contributed by atoms with Crippen LogP contribution in [0, 0.1) is 11.6 Å². The summed E-state index contributed by atoms with van der Waals surface area (Å²) < 4.78 is 60.6. The summed E-state index contributed by atoms with van der Waals surface area (Å²) in [4.78, 5) is 1.84. The van der Waals surface area contributed by atoms with Crippen molar-refractivity contribution in [1.29, 1.82) is 0 Å². The molecule has 0 bridgehead atoms. The average Bonchev–Trinajstić information content (AvgIpc) is 3.40. The molecule has 3 aromatic rings. The molecule has 2 saturated heterocycles. The molecule has 186 valence electrons. The zero-order chi connectivity index (χ0) is 24.6. The van der Waals surface area contributed by atoms with Gasteiger partial charge in [0.15, 0.2) is 11.6 Å². The van der Waals surface area contributed by atoms with Gasteiger partial charge in [-0.1, -0.05) is 36.4 Å². The minimum Gasteiger partial charge on any atom is -0.369 e. The van der Waals surface area contributed by atoms with Crippen LogP contribution in [-0.4, -0.2) is 46.6 Å². The van der Waals surface area contributed by atoms with Crippen LogP contribution in [0.4, 0.5) is 14.5 Å². The van der Waals surface area contributed by atoms with E-state index in [1.165, 1.54) is 10.4 Å². The number of halogens is 2. The van der Waals surface area contributed by atoms with Crippen molar-refractivity contribution < 1.29 is 17.2 Å². The lowest BCUT2D eigenvalue weighted by molar-refractivity contribution is 0.278. The highest BCUT2D eigenvalue weighted by Crippen LogP contribution is 2.39. The molecule has 0 spiro atoms. The molecular weight excluding hydrogens is 472 g/mol. The van der Waals surface area contributed by atoms with Gasteiger partial charge in [-0.05, 0) is 44.2 Å². The van der Waals surface area contributed by atoms with Gasteiger partial charge in [0, 0.05) is 37.3 Å². The summed E-state index contributed by atoms with van der Waals surface area (Å²) in [7, 11) is -3.73. The van der Waals surface area contributed by atoms with Crippen LogP contribution in [0.1, 0.15) is 55.0 Å². The highest BCUT2D eigenvalue weighted by molar-refractivity contribution is 7.89. The lowest BCUT2D eigenvalue weighted by Gasteiger charge is -2.38. The van der Waals surface area contributed by atoms with Crippen molar-refractivity contribution in [3.8, 4) is 0 Å². The van der Waals surface area contributed by atoms with E-state index in [1.807, 2.05) is 34.6 Å². The van der Waals surface area contributed by atoms with E-state index in [4.69, 9.17) is 0 Å². The first-order chi connectivity index (χ1) is 16.9. The second kappa shape index (κ2) is 9.66. The van der Waals surface area contributed by atoms with Gasteiger partial charge in [0.05, 0.1) is 5.69 Å². The molecule has 0 amide bonds. The van der Waals surface area contributed by atoms with Crippen molar-refractivity contribution in [2.45, 2.75) is 56.5 Å². The molecule has 2 fully saturated rings. The van der Waals surface area contributed by atoms with E-state index in [1.54, 1.807) is 30.9 Å². The Bertz CT molecular complexity index is 1260. The number of hydrogen-bond acceptors (Lipinski definition) is 5. The second-order valence-electron chi connectivity index (χ2n) is 9.41. The van der Waals surface area contributed by atoms with Gasteiger partial charge >= 0.3 is 0 Å². The summed E-state index contributed by atoms with van der Waals surface area (Å²) in [5.41, 5.74) is 0.987. The molecule has 10 heteroatoms. The molecule has 0 unspecified atom stereocenters. The Morgan fingerprint density at radius 3 is 2.29 bits per heavy atom. The Labute approximate surface area is 204 Å². The topological polar surface area (TPSA) is 71.3 Å². The van der Waals surface area contributed by atoms with E-state index in [9.17, 15) is 8.42 Å². The van der Waals surface area contributed by atoms with Crippen LogP contribution in [0.2, 0.25) is 0 Å². The monoisotopic (exact) mass is 501 g/mol. The van der Waals surface area contributed by atoms with E-state index in [2.05, 4.69) is 10.2 Å². The van der Waals surface area contributed by atoms with Crippen LogP contribution in [-0.2, 0) is 16.6 Å². The van der Waals surface area contributed by atoms with Gasteiger partial charge in [-0.15, -0.1) is 10.2 Å². The molecule has 1 aromatic heterocycles. The van der Waals surface area contributed by atoms with Crippen molar-refractivity contribution in [3.05, 3.63) is 77.9 Å². The molecular formula is C25H29F2N5O2S. The predicted molar refractivity (Wildman–Crippen MR) is 129 cm³/mol. The van der Waals surface area contributed by atoms with Crippen LogP contribution in [0.5, 0.6) is 0 Å². The standard InChI is InChI=1S/C25H29F2N5O2S/c1-18-7-10-23(19-5-3-2-4-6-19)35(33,34)32(18)15-20-8-9-22(25(27)24(20)26)30-13-11-21(12-14-30)31-16-28-29-17-31/h2-6,8-9,16-18,21,23H,7,10-15H2,1H3/t18-,23+/m0/s1. The van der Waals surface area contributed by atoms with E-state index in [0.717, 1.165) is 18.4 Å². The van der Waals surface area contributed by atoms with E-state index in [0.29, 0.717) is 25.9 Å². The third kappa shape index (κ3) is 4.56. The summed E-state index contributed by atoms with van der Waals surface area (Å²) in [6.07, 6.45) is 6.05. The fourth-order valence-corrected chi connectivity index (χ4v) is 7.46. The van der Waals surface area contributed by atoms with Gasteiger partial charge in [-0.2, -0.15) is 4.31 Å². The van der Waals surface area contributed by atoms with Crippen molar-refractivity contribution >= 4 is 15.7 Å². The van der Waals surface area contributed by atoms with Gasteiger partial charge in [0.2, 0.25) is 10.0 Å². The number of rotatable bonds is 5. The smallest absolute Gasteiger partial charge is 0.221 e. The number of hydrogen-bond donors (Lipinski definition) is 0. The summed E-state index contributed by atoms with van der Waals surface area (Å²) >= 11 is 0. The fourth-order valence-electron chi connectivity index (χ4n) is 5.27. The number of nitrogens with zero attached hydrogens (tertiary/aromatic N) is 5. The number of anilines is 1. The fraction of sp³-hybridized carbons (Fsp3) is 0.440. The Morgan fingerprint density at radius 2 is 1.60 bits per heavy atom. The largest absolute Gasteiger partial charge is 0.369 e. The molecule has 0 radical (unpaired) electrons. The van der Waals surface area contributed by atoms with Crippen LogP contribution in [0.25, 0.3) is 0 Å². The van der Waals surface area contributed by atoms with Gasteiger partial charge < -0.3 is 9.47 Å². The molecule has 5 rings (SSSR count). The molecule has 0 aliphatic carbocycles. The van der Waals surface area contributed by atoms with Crippen LogP contribution in [0.3, 0.4) is 0 Å². The number of benzene rings is 2. The van der Waals surface area contributed by atoms with Gasteiger partial charge in [-0.3, -0.25) is 0 Å². The Morgan fingerprint density at radius 1 is 0.914 bits per heavy atom. The maximum atomic E-state index is 15.2. The quantitative estimate of drug-likeness (QED) is 0.517. The average molecular weight is 502 g/mol. The molecule has 3 heterocycles. The molecule has 0 N–H and O–H groups in total. The van der Waals surface area contributed by atoms with Gasteiger partial charge in [0.25, 0.3) is 0 Å². The Kier molecular flexibility index (Phi) is 6.59. The van der Waals surface area contributed by atoms with Crippen molar-refractivity contribution in [2.75, 3.05) is 18.0 Å². The van der Waals surface area contributed by atoms with Gasteiger partial charge in [0.1, 0.15) is 17.9 Å². The van der Waals surface area contributed by atoms with E-state index in [-0.39, 0.29) is 29.9 Å². The molecule has 2 aliphatic heterocycles. The van der Waals surface area contributed by atoms with Crippen LogP contribution >= 0.6 is 0 Å². The molecule has 0 saturated carbocycles. The van der Waals surface area contributed by atoms with Gasteiger partial charge in [-0.25, -0.2) is 17.2 Å². The maximum absolute atomic E-state index is 15.2. The Balaban J connectivity index is 1.34. The van der Waals surface area contributed by atoms with Crippen molar-refractivity contribution in [3.63, 3.8) is 0 Å². The lowest BCUT2D eigenvalue weighted by Crippen LogP contribution is -2.45. The first-order valence-corrected chi connectivity index (χ1v) is 13.5. The zero-order valence-corrected chi connectivity index (χ0v) is 20.4. The van der Waals surface area contributed by atoms with Crippen LogP contribution in [0.15, 0.2) is 55.1 Å². The van der Waals surface area contributed by atoms with E-state index >= 15 is 8.78 Å². The second-order valence-corrected chi connectivity index (χ2v) is 11.5. The summed E-state index contributed by atoms with van der Waals surface area (Å²) in [5, 5.41) is 6.99. The Hall–Kier alpha value is -2.85. The molecule has 2 atom stereocenters. The molecule has 2 aliphatic rings. The number of sulfonamides is 1. The van der Waals surface area contributed by atoms with E-state index < -0.39 is 26.9 Å². The normalized spacial score (nSPS) is 23.5. The summed E-state index contributed by atoms with van der Waals surface area (Å²) in [5.74, 6) is -1.90. The number of aromatic nitrogens is 3.